The van der Waals surface area contributed by atoms with Crippen LogP contribution < -0.4 is 0 Å². The average Bonchev–Trinajstić information content (AvgIpc) is 2.96. The molecule has 0 aromatic heterocycles. The van der Waals surface area contributed by atoms with Gasteiger partial charge in [0.05, 0.1) is 6.54 Å². The molecule has 1 heterocycles. The highest BCUT2D eigenvalue weighted by Gasteiger charge is 2.45. The molecule has 1 saturated carbocycles. The van der Waals surface area contributed by atoms with E-state index in [9.17, 15) is 0 Å². The summed E-state index contributed by atoms with van der Waals surface area (Å²) in [5, 5.41) is 0. The van der Waals surface area contributed by atoms with E-state index in [1.165, 1.54) is 19.4 Å². The molecule has 82 valence electrons. The van der Waals surface area contributed by atoms with E-state index >= 15 is 0 Å². The first-order chi connectivity index (χ1) is 6.92. The van der Waals surface area contributed by atoms with Crippen molar-refractivity contribution in [1.82, 2.24) is 4.90 Å². The van der Waals surface area contributed by atoms with Gasteiger partial charge in [0.25, 0.3) is 0 Å². The van der Waals surface area contributed by atoms with Crippen molar-refractivity contribution >= 4 is 0 Å². The lowest BCUT2D eigenvalue weighted by molar-refractivity contribution is 0.338. The van der Waals surface area contributed by atoms with Crippen LogP contribution in [0.2, 0.25) is 0 Å². The van der Waals surface area contributed by atoms with Gasteiger partial charge in [-0.25, -0.2) is 0 Å². The number of hydrogen-bond acceptors (Lipinski definition) is 1. The number of likely N-dealkylation sites (tertiary alicyclic amines) is 1. The van der Waals surface area contributed by atoms with Crippen LogP contribution in [0.25, 0.3) is 0 Å². The van der Waals surface area contributed by atoms with Gasteiger partial charge < -0.3 is 0 Å². The maximum atomic E-state index is 3.12. The standard InChI is InChI=1S/C9H13N.2C2H6/c1-2-3-5-10-6-4-8-7-9(8)10;2*1-2/h8-9H,4-7H2,1H3;2*1-2H3. The monoisotopic (exact) mass is 195 g/mol. The zero-order valence-corrected chi connectivity index (χ0v) is 10.4. The lowest BCUT2D eigenvalue weighted by atomic mass is 10.3. The fourth-order valence-corrected chi connectivity index (χ4v) is 1.86. The Kier molecular flexibility index (Phi) is 7.61. The molecule has 1 saturated heterocycles. The first kappa shape index (κ1) is 13.5. The Morgan fingerprint density at radius 1 is 1.21 bits per heavy atom. The number of hydrogen-bond donors (Lipinski definition) is 0. The summed E-state index contributed by atoms with van der Waals surface area (Å²) in [6, 6.07) is 0.931. The molecule has 2 unspecified atom stereocenters. The van der Waals surface area contributed by atoms with Crippen LogP contribution in [0.5, 0.6) is 0 Å². The zero-order chi connectivity index (χ0) is 11.0. The van der Waals surface area contributed by atoms with Crippen molar-refractivity contribution < 1.29 is 0 Å². The molecule has 2 atom stereocenters. The summed E-state index contributed by atoms with van der Waals surface area (Å²) in [6.07, 6.45) is 2.88. The van der Waals surface area contributed by atoms with Crippen LogP contribution in [0.4, 0.5) is 0 Å². The summed E-state index contributed by atoms with van der Waals surface area (Å²) in [7, 11) is 0. The number of piperidine rings is 1. The van der Waals surface area contributed by atoms with E-state index in [1.807, 2.05) is 34.6 Å². The van der Waals surface area contributed by atoms with Crippen molar-refractivity contribution in [3.05, 3.63) is 0 Å². The van der Waals surface area contributed by atoms with E-state index in [-0.39, 0.29) is 0 Å². The second kappa shape index (κ2) is 7.88. The summed E-state index contributed by atoms with van der Waals surface area (Å²) >= 11 is 0. The predicted molar refractivity (Wildman–Crippen MR) is 64.2 cm³/mol. The number of nitrogens with zero attached hydrogens (tertiary/aromatic N) is 1. The highest BCUT2D eigenvalue weighted by Crippen LogP contribution is 2.43. The maximum absolute atomic E-state index is 3.12. The third-order valence-electron chi connectivity index (χ3n) is 2.60. The second-order valence-corrected chi connectivity index (χ2v) is 3.25. The Labute approximate surface area is 89.9 Å². The van der Waals surface area contributed by atoms with Crippen LogP contribution in [-0.4, -0.2) is 24.0 Å². The van der Waals surface area contributed by atoms with Gasteiger partial charge in [0.15, 0.2) is 0 Å². The minimum Gasteiger partial charge on any atom is -0.289 e. The first-order valence-electron chi connectivity index (χ1n) is 6.05. The molecule has 0 spiro atoms. The van der Waals surface area contributed by atoms with Crippen LogP contribution in [0.15, 0.2) is 0 Å². The van der Waals surface area contributed by atoms with Gasteiger partial charge in [-0.3, -0.25) is 4.90 Å². The Balaban J connectivity index is 0.000000379. The molecule has 0 N–H and O–H groups in total. The zero-order valence-electron chi connectivity index (χ0n) is 10.4. The third-order valence-corrected chi connectivity index (χ3v) is 2.60. The van der Waals surface area contributed by atoms with Crippen molar-refractivity contribution in [1.29, 1.82) is 0 Å². The molecule has 14 heavy (non-hydrogen) atoms. The van der Waals surface area contributed by atoms with Crippen molar-refractivity contribution in [2.45, 2.75) is 53.5 Å². The summed E-state index contributed by atoms with van der Waals surface area (Å²) in [6.45, 7) is 12.2. The normalized spacial score (nSPS) is 26.9. The SMILES string of the molecule is CC.CC.CC#CCN1CCC2CC21. The quantitative estimate of drug-likeness (QED) is 0.581. The first-order valence-corrected chi connectivity index (χ1v) is 6.05. The van der Waals surface area contributed by atoms with Crippen molar-refractivity contribution in [2.75, 3.05) is 13.1 Å². The largest absolute Gasteiger partial charge is 0.289 e. The fourth-order valence-electron chi connectivity index (χ4n) is 1.86. The molecule has 0 radical (unpaired) electrons. The molecule has 2 aliphatic rings. The van der Waals surface area contributed by atoms with Crippen molar-refractivity contribution in [3.63, 3.8) is 0 Å². The van der Waals surface area contributed by atoms with Gasteiger partial charge in [-0.05, 0) is 32.2 Å². The van der Waals surface area contributed by atoms with Gasteiger partial charge in [0.2, 0.25) is 0 Å². The predicted octanol–water partition coefficient (Wildman–Crippen LogP) is 3.16. The topological polar surface area (TPSA) is 3.24 Å². The minimum absolute atomic E-state index is 0.931. The molecular weight excluding hydrogens is 170 g/mol. The molecule has 1 nitrogen and oxygen atoms in total. The van der Waals surface area contributed by atoms with E-state index in [0.717, 1.165) is 18.5 Å². The Bertz CT molecular complexity index is 187. The maximum Gasteiger partial charge on any atom is 0.0603 e. The fraction of sp³-hybridized carbons (Fsp3) is 0.846. The molecule has 2 rings (SSSR count). The van der Waals surface area contributed by atoms with Gasteiger partial charge in [-0.1, -0.05) is 33.6 Å². The van der Waals surface area contributed by atoms with E-state index < -0.39 is 0 Å². The van der Waals surface area contributed by atoms with Crippen LogP contribution in [0, 0.1) is 17.8 Å². The van der Waals surface area contributed by atoms with E-state index in [4.69, 9.17) is 0 Å². The second-order valence-electron chi connectivity index (χ2n) is 3.25. The van der Waals surface area contributed by atoms with Gasteiger partial charge >= 0.3 is 0 Å². The van der Waals surface area contributed by atoms with Gasteiger partial charge in [-0.15, -0.1) is 5.92 Å². The van der Waals surface area contributed by atoms with Crippen LogP contribution in [0.1, 0.15) is 47.5 Å². The smallest absolute Gasteiger partial charge is 0.0603 e. The lowest BCUT2D eigenvalue weighted by Gasteiger charge is -2.12. The highest BCUT2D eigenvalue weighted by molar-refractivity contribution is 5.06. The Morgan fingerprint density at radius 2 is 1.86 bits per heavy atom. The molecule has 0 aromatic rings. The third kappa shape index (κ3) is 3.72. The molecule has 1 aliphatic carbocycles. The molecular formula is C13H25N. The highest BCUT2D eigenvalue weighted by atomic mass is 15.2. The summed E-state index contributed by atoms with van der Waals surface area (Å²) in [5.74, 6) is 7.12. The van der Waals surface area contributed by atoms with Crippen LogP contribution in [0.3, 0.4) is 0 Å². The number of rotatable bonds is 1. The van der Waals surface area contributed by atoms with Crippen molar-refractivity contribution in [2.24, 2.45) is 5.92 Å². The summed E-state index contributed by atoms with van der Waals surface area (Å²) < 4.78 is 0. The number of fused-ring (bicyclic) bond motifs is 1. The summed E-state index contributed by atoms with van der Waals surface area (Å²) in [4.78, 5) is 2.52. The molecule has 1 heteroatoms. The van der Waals surface area contributed by atoms with E-state index in [0.29, 0.717) is 0 Å². The summed E-state index contributed by atoms with van der Waals surface area (Å²) in [5.41, 5.74) is 0. The van der Waals surface area contributed by atoms with Gasteiger partial charge in [0.1, 0.15) is 0 Å². The van der Waals surface area contributed by atoms with Crippen molar-refractivity contribution in [3.8, 4) is 11.8 Å². The van der Waals surface area contributed by atoms with E-state index in [1.54, 1.807) is 0 Å². The Morgan fingerprint density at radius 3 is 2.21 bits per heavy atom. The van der Waals surface area contributed by atoms with Crippen LogP contribution >= 0.6 is 0 Å². The van der Waals surface area contributed by atoms with Crippen LogP contribution in [-0.2, 0) is 0 Å². The average molecular weight is 195 g/mol. The van der Waals surface area contributed by atoms with Gasteiger partial charge in [-0.2, -0.15) is 0 Å². The molecule has 0 bridgehead atoms. The molecule has 2 fully saturated rings. The molecule has 0 aromatic carbocycles. The molecule has 1 aliphatic heterocycles. The molecule has 0 amide bonds. The van der Waals surface area contributed by atoms with E-state index in [2.05, 4.69) is 16.7 Å². The minimum atomic E-state index is 0.931. The Hall–Kier alpha value is -0.480. The lowest BCUT2D eigenvalue weighted by Crippen LogP contribution is -2.23. The van der Waals surface area contributed by atoms with Gasteiger partial charge in [0, 0.05) is 6.04 Å².